The minimum atomic E-state index is -0.537. The second kappa shape index (κ2) is 7.58. The van der Waals surface area contributed by atoms with Gasteiger partial charge in [-0.15, -0.1) is 0 Å². The fourth-order valence-electron chi connectivity index (χ4n) is 2.27. The second-order valence-corrected chi connectivity index (χ2v) is 6.05. The third-order valence-corrected chi connectivity index (χ3v) is 4.20. The van der Waals surface area contributed by atoms with E-state index in [1.54, 1.807) is 47.2 Å². The van der Waals surface area contributed by atoms with Crippen LogP contribution in [0.3, 0.4) is 0 Å². The van der Waals surface area contributed by atoms with E-state index in [9.17, 15) is 19.7 Å². The van der Waals surface area contributed by atoms with Crippen LogP contribution in [0.25, 0.3) is 0 Å². The van der Waals surface area contributed by atoms with Crippen molar-refractivity contribution in [3.8, 4) is 0 Å². The average molecular weight is 367 g/mol. The number of non-ortho nitro benzene ring substituents is 1. The lowest BCUT2D eigenvalue weighted by Crippen LogP contribution is -2.18. The molecule has 130 valence electrons. The topological polar surface area (TPSA) is 101 Å². The summed E-state index contributed by atoms with van der Waals surface area (Å²) in [6.45, 7) is 0. The summed E-state index contributed by atoms with van der Waals surface area (Å²) in [4.78, 5) is 35.1. The molecule has 1 heterocycles. The zero-order valence-electron chi connectivity index (χ0n) is 13.3. The number of rotatable bonds is 5. The van der Waals surface area contributed by atoms with Crippen molar-refractivity contribution >= 4 is 40.2 Å². The summed E-state index contributed by atoms with van der Waals surface area (Å²) in [5.74, 6) is -0.798. The highest BCUT2D eigenvalue weighted by Gasteiger charge is 2.15. The molecule has 0 spiro atoms. The molecule has 0 saturated carbocycles. The van der Waals surface area contributed by atoms with Gasteiger partial charge in [-0.1, -0.05) is 18.2 Å². The number of hydrogen-bond donors (Lipinski definition) is 2. The van der Waals surface area contributed by atoms with E-state index < -0.39 is 10.8 Å². The highest BCUT2D eigenvalue weighted by molar-refractivity contribution is 7.08. The molecule has 0 atom stereocenters. The number of nitro benzene ring substituents is 1. The fraction of sp³-hybridized carbons (Fsp3) is 0. The van der Waals surface area contributed by atoms with Crippen LogP contribution in [0.1, 0.15) is 20.7 Å². The van der Waals surface area contributed by atoms with Crippen LogP contribution in [-0.2, 0) is 0 Å². The molecule has 0 aliphatic carbocycles. The molecule has 2 N–H and O–H groups in total. The van der Waals surface area contributed by atoms with Gasteiger partial charge in [0.1, 0.15) is 0 Å². The van der Waals surface area contributed by atoms with Gasteiger partial charge in [0.2, 0.25) is 0 Å². The Morgan fingerprint density at radius 1 is 0.962 bits per heavy atom. The van der Waals surface area contributed by atoms with Crippen molar-refractivity contribution in [3.05, 3.63) is 86.6 Å². The lowest BCUT2D eigenvalue weighted by atomic mass is 10.1. The number of para-hydroxylation sites is 1. The SMILES string of the molecule is O=C(Nc1ccccc1C(=O)Nc1cccc([N+](=O)[O-])c1)c1ccsc1. The summed E-state index contributed by atoms with van der Waals surface area (Å²) in [5.41, 5.74) is 1.28. The number of amides is 2. The van der Waals surface area contributed by atoms with Crippen LogP contribution in [0.15, 0.2) is 65.4 Å². The Balaban J connectivity index is 1.81. The summed E-state index contributed by atoms with van der Waals surface area (Å²) in [7, 11) is 0. The summed E-state index contributed by atoms with van der Waals surface area (Å²) in [5, 5.41) is 19.7. The number of hydrogen-bond acceptors (Lipinski definition) is 5. The largest absolute Gasteiger partial charge is 0.322 e. The first-order valence-electron chi connectivity index (χ1n) is 7.53. The minimum absolute atomic E-state index is 0.123. The van der Waals surface area contributed by atoms with Crippen molar-refractivity contribution in [1.29, 1.82) is 0 Å². The van der Waals surface area contributed by atoms with Crippen molar-refractivity contribution in [2.45, 2.75) is 0 Å². The van der Waals surface area contributed by atoms with Gasteiger partial charge in [0.25, 0.3) is 17.5 Å². The van der Waals surface area contributed by atoms with Gasteiger partial charge < -0.3 is 10.6 Å². The Morgan fingerprint density at radius 2 is 1.77 bits per heavy atom. The Kier molecular flexibility index (Phi) is 5.04. The van der Waals surface area contributed by atoms with Gasteiger partial charge in [0.05, 0.1) is 21.7 Å². The van der Waals surface area contributed by atoms with Crippen LogP contribution < -0.4 is 10.6 Å². The number of nitrogens with zero attached hydrogens (tertiary/aromatic N) is 1. The molecular weight excluding hydrogens is 354 g/mol. The van der Waals surface area contributed by atoms with Crippen LogP contribution in [-0.4, -0.2) is 16.7 Å². The normalized spacial score (nSPS) is 10.2. The number of nitro groups is 1. The smallest absolute Gasteiger partial charge is 0.271 e. The zero-order valence-corrected chi connectivity index (χ0v) is 14.2. The maximum atomic E-state index is 12.6. The highest BCUT2D eigenvalue weighted by atomic mass is 32.1. The zero-order chi connectivity index (χ0) is 18.5. The lowest BCUT2D eigenvalue weighted by Gasteiger charge is -2.11. The van der Waals surface area contributed by atoms with E-state index >= 15 is 0 Å². The summed E-state index contributed by atoms with van der Waals surface area (Å²) >= 11 is 1.40. The molecule has 0 fully saturated rings. The van der Waals surface area contributed by atoms with Crippen LogP contribution in [0.5, 0.6) is 0 Å². The van der Waals surface area contributed by atoms with Crippen molar-refractivity contribution in [1.82, 2.24) is 0 Å². The quantitative estimate of drug-likeness (QED) is 0.522. The third-order valence-electron chi connectivity index (χ3n) is 3.52. The second-order valence-electron chi connectivity index (χ2n) is 5.27. The summed E-state index contributed by atoms with van der Waals surface area (Å²) in [6, 6.07) is 13.9. The maximum absolute atomic E-state index is 12.6. The molecule has 3 rings (SSSR count). The monoisotopic (exact) mass is 367 g/mol. The average Bonchev–Trinajstić information content (AvgIpc) is 3.17. The molecule has 2 aromatic carbocycles. The van der Waals surface area contributed by atoms with Crippen molar-refractivity contribution in [2.75, 3.05) is 10.6 Å². The van der Waals surface area contributed by atoms with E-state index in [0.717, 1.165) is 0 Å². The van der Waals surface area contributed by atoms with Crippen molar-refractivity contribution in [2.24, 2.45) is 0 Å². The van der Waals surface area contributed by atoms with Gasteiger partial charge in [-0.2, -0.15) is 11.3 Å². The van der Waals surface area contributed by atoms with E-state index in [4.69, 9.17) is 0 Å². The molecule has 7 nitrogen and oxygen atoms in total. The highest BCUT2D eigenvalue weighted by Crippen LogP contribution is 2.21. The number of nitrogens with one attached hydrogen (secondary N) is 2. The van der Waals surface area contributed by atoms with Crippen LogP contribution in [0.4, 0.5) is 17.1 Å². The molecule has 0 saturated heterocycles. The fourth-order valence-corrected chi connectivity index (χ4v) is 2.91. The molecular formula is C18H13N3O4S. The maximum Gasteiger partial charge on any atom is 0.271 e. The predicted molar refractivity (Wildman–Crippen MR) is 99.8 cm³/mol. The molecule has 1 aromatic heterocycles. The molecule has 8 heteroatoms. The molecule has 3 aromatic rings. The minimum Gasteiger partial charge on any atom is -0.322 e. The van der Waals surface area contributed by atoms with E-state index in [1.165, 1.54) is 29.5 Å². The van der Waals surface area contributed by atoms with Crippen molar-refractivity contribution < 1.29 is 14.5 Å². The first kappa shape index (κ1) is 17.3. The molecule has 2 amide bonds. The third kappa shape index (κ3) is 3.93. The van der Waals surface area contributed by atoms with Gasteiger partial charge in [-0.25, -0.2) is 0 Å². The molecule has 0 bridgehead atoms. The standard InChI is InChI=1S/C18H13N3O4S/c22-17(12-8-9-26-11-12)20-16-7-2-1-6-15(16)18(23)19-13-4-3-5-14(10-13)21(24)25/h1-11H,(H,19,23)(H,20,22). The Bertz CT molecular complexity index is 970. The van der Waals surface area contributed by atoms with Crippen LogP contribution >= 0.6 is 11.3 Å². The van der Waals surface area contributed by atoms with E-state index in [2.05, 4.69) is 10.6 Å². The molecule has 26 heavy (non-hydrogen) atoms. The molecule has 0 radical (unpaired) electrons. The number of thiophene rings is 1. The predicted octanol–water partition coefficient (Wildman–Crippen LogP) is 4.16. The Labute approximate surface area is 152 Å². The van der Waals surface area contributed by atoms with E-state index in [1.807, 2.05) is 0 Å². The Hall–Kier alpha value is -3.52. The first-order valence-corrected chi connectivity index (χ1v) is 8.47. The van der Waals surface area contributed by atoms with Crippen LogP contribution in [0.2, 0.25) is 0 Å². The summed E-state index contributed by atoms with van der Waals surface area (Å²) < 4.78 is 0. The van der Waals surface area contributed by atoms with Gasteiger partial charge in [0.15, 0.2) is 0 Å². The Morgan fingerprint density at radius 3 is 2.50 bits per heavy atom. The molecule has 0 aliphatic heterocycles. The van der Waals surface area contributed by atoms with E-state index in [-0.39, 0.29) is 17.2 Å². The number of anilines is 2. The van der Waals surface area contributed by atoms with Crippen LogP contribution in [0, 0.1) is 10.1 Å². The van der Waals surface area contributed by atoms with Gasteiger partial charge in [-0.05, 0) is 29.6 Å². The summed E-state index contributed by atoms with van der Waals surface area (Å²) in [6.07, 6.45) is 0. The van der Waals surface area contributed by atoms with E-state index in [0.29, 0.717) is 16.9 Å². The number of carbonyl (C=O) groups is 2. The number of carbonyl (C=O) groups excluding carboxylic acids is 2. The number of benzene rings is 2. The molecule has 0 aliphatic rings. The van der Waals surface area contributed by atoms with Gasteiger partial charge in [-0.3, -0.25) is 19.7 Å². The van der Waals surface area contributed by atoms with Gasteiger partial charge in [0, 0.05) is 23.2 Å². The first-order chi connectivity index (χ1) is 12.5. The van der Waals surface area contributed by atoms with Crippen molar-refractivity contribution in [3.63, 3.8) is 0 Å². The molecule has 0 unspecified atom stereocenters. The lowest BCUT2D eigenvalue weighted by molar-refractivity contribution is -0.384. The van der Waals surface area contributed by atoms with Gasteiger partial charge >= 0.3 is 0 Å².